The van der Waals surface area contributed by atoms with Gasteiger partial charge in [-0.05, 0) is 71.9 Å². The molecule has 25 heavy (non-hydrogen) atoms. The van der Waals surface area contributed by atoms with Gasteiger partial charge in [0.2, 0.25) is 11.8 Å². The SMILES string of the molecule is O=C1[C@@H]2[C@@H]3CC[C@@H](C3)[C@@H]2C(=O)N1c1ccc2c(c1)Cc1ccccc1-2. The van der Waals surface area contributed by atoms with Crippen molar-refractivity contribution in [2.24, 2.45) is 23.7 Å². The van der Waals surface area contributed by atoms with E-state index in [2.05, 4.69) is 36.4 Å². The van der Waals surface area contributed by atoms with Crippen molar-refractivity contribution >= 4 is 17.5 Å². The monoisotopic (exact) mass is 329 g/mol. The number of fused-ring (bicyclic) bond motifs is 8. The minimum Gasteiger partial charge on any atom is -0.274 e. The lowest BCUT2D eigenvalue weighted by atomic mass is 9.81. The Hall–Kier alpha value is -2.42. The van der Waals surface area contributed by atoms with Crippen molar-refractivity contribution in [1.29, 1.82) is 0 Å². The molecule has 4 aliphatic rings. The van der Waals surface area contributed by atoms with Crippen LogP contribution in [0.4, 0.5) is 5.69 Å². The molecule has 1 heterocycles. The van der Waals surface area contributed by atoms with Crippen LogP contribution in [0.3, 0.4) is 0 Å². The van der Waals surface area contributed by atoms with Crippen molar-refractivity contribution < 1.29 is 9.59 Å². The number of imide groups is 1. The van der Waals surface area contributed by atoms with Crippen LogP contribution in [0.5, 0.6) is 0 Å². The molecule has 6 rings (SSSR count). The van der Waals surface area contributed by atoms with Gasteiger partial charge in [0.05, 0.1) is 17.5 Å². The smallest absolute Gasteiger partial charge is 0.237 e. The molecule has 2 saturated carbocycles. The fraction of sp³-hybridized carbons (Fsp3) is 0.364. The van der Waals surface area contributed by atoms with E-state index in [9.17, 15) is 9.59 Å². The summed E-state index contributed by atoms with van der Waals surface area (Å²) >= 11 is 0. The zero-order valence-electron chi connectivity index (χ0n) is 13.9. The normalized spacial score (nSPS) is 31.4. The van der Waals surface area contributed by atoms with Crippen molar-refractivity contribution in [2.75, 3.05) is 4.90 Å². The van der Waals surface area contributed by atoms with Crippen molar-refractivity contribution in [2.45, 2.75) is 25.7 Å². The molecule has 2 bridgehead atoms. The van der Waals surface area contributed by atoms with E-state index in [1.165, 1.54) is 27.2 Å². The number of carbonyl (C=O) groups excluding carboxylic acids is 2. The third-order valence-corrected chi connectivity index (χ3v) is 6.96. The number of hydrogen-bond donors (Lipinski definition) is 0. The summed E-state index contributed by atoms with van der Waals surface area (Å²) in [6.07, 6.45) is 4.21. The molecule has 0 unspecified atom stereocenters. The van der Waals surface area contributed by atoms with Crippen LogP contribution in [-0.4, -0.2) is 11.8 Å². The van der Waals surface area contributed by atoms with Crippen LogP contribution in [0.2, 0.25) is 0 Å². The second kappa shape index (κ2) is 4.60. The Morgan fingerprint density at radius 3 is 2.24 bits per heavy atom. The van der Waals surface area contributed by atoms with E-state index in [1.807, 2.05) is 6.07 Å². The molecule has 3 heteroatoms. The average molecular weight is 329 g/mol. The Kier molecular flexibility index (Phi) is 2.54. The number of rotatable bonds is 1. The van der Waals surface area contributed by atoms with E-state index in [0.29, 0.717) is 11.8 Å². The second-order valence-electron chi connectivity index (χ2n) is 8.07. The van der Waals surface area contributed by atoms with Gasteiger partial charge in [-0.3, -0.25) is 14.5 Å². The van der Waals surface area contributed by atoms with Gasteiger partial charge in [-0.25, -0.2) is 0 Å². The first-order chi connectivity index (χ1) is 12.2. The van der Waals surface area contributed by atoms with Gasteiger partial charge in [-0.1, -0.05) is 30.3 Å². The Balaban J connectivity index is 1.41. The van der Waals surface area contributed by atoms with Gasteiger partial charge in [-0.2, -0.15) is 0 Å². The molecular weight excluding hydrogens is 310 g/mol. The molecule has 124 valence electrons. The Labute approximate surface area is 146 Å². The summed E-state index contributed by atoms with van der Waals surface area (Å²) in [4.78, 5) is 27.5. The van der Waals surface area contributed by atoms with Gasteiger partial charge < -0.3 is 0 Å². The zero-order valence-corrected chi connectivity index (χ0v) is 13.9. The second-order valence-corrected chi connectivity index (χ2v) is 8.07. The molecule has 3 fully saturated rings. The van der Waals surface area contributed by atoms with Crippen molar-refractivity contribution in [1.82, 2.24) is 0 Å². The molecule has 1 saturated heterocycles. The third-order valence-electron chi connectivity index (χ3n) is 6.96. The number of carbonyl (C=O) groups is 2. The highest BCUT2D eigenvalue weighted by Crippen LogP contribution is 2.56. The predicted molar refractivity (Wildman–Crippen MR) is 95.0 cm³/mol. The zero-order chi connectivity index (χ0) is 16.7. The van der Waals surface area contributed by atoms with Crippen LogP contribution in [0, 0.1) is 23.7 Å². The van der Waals surface area contributed by atoms with Gasteiger partial charge in [-0.15, -0.1) is 0 Å². The number of benzene rings is 2. The van der Waals surface area contributed by atoms with Gasteiger partial charge in [0, 0.05) is 0 Å². The highest BCUT2D eigenvalue weighted by Gasteiger charge is 2.61. The molecule has 2 aromatic carbocycles. The maximum absolute atomic E-state index is 13.0. The summed E-state index contributed by atoms with van der Waals surface area (Å²) in [5, 5.41) is 0. The molecule has 2 aromatic rings. The molecule has 0 N–H and O–H groups in total. The van der Waals surface area contributed by atoms with Crippen LogP contribution in [0.1, 0.15) is 30.4 Å². The van der Waals surface area contributed by atoms with E-state index in [4.69, 9.17) is 0 Å². The van der Waals surface area contributed by atoms with Crippen LogP contribution >= 0.6 is 0 Å². The fourth-order valence-corrected chi connectivity index (χ4v) is 5.93. The molecule has 0 radical (unpaired) electrons. The topological polar surface area (TPSA) is 37.4 Å². The van der Waals surface area contributed by atoms with E-state index < -0.39 is 0 Å². The van der Waals surface area contributed by atoms with Gasteiger partial charge in [0.25, 0.3) is 0 Å². The summed E-state index contributed by atoms with van der Waals surface area (Å²) in [5.41, 5.74) is 5.83. The molecule has 0 aromatic heterocycles. The summed E-state index contributed by atoms with van der Waals surface area (Å²) in [6, 6.07) is 14.5. The number of amides is 2. The molecule has 4 atom stereocenters. The average Bonchev–Trinajstić information content (AvgIpc) is 3.36. The van der Waals surface area contributed by atoms with Crippen LogP contribution in [0.25, 0.3) is 11.1 Å². The van der Waals surface area contributed by atoms with Crippen LogP contribution in [0.15, 0.2) is 42.5 Å². The quantitative estimate of drug-likeness (QED) is 0.637. The number of nitrogens with zero attached hydrogens (tertiary/aromatic N) is 1. The summed E-state index contributed by atoms with van der Waals surface area (Å²) in [6.45, 7) is 0. The van der Waals surface area contributed by atoms with Crippen LogP contribution in [-0.2, 0) is 16.0 Å². The molecular formula is C22H19NO2. The first-order valence-corrected chi connectivity index (χ1v) is 9.31. The highest BCUT2D eigenvalue weighted by molar-refractivity contribution is 6.22. The van der Waals surface area contributed by atoms with Gasteiger partial charge in [0.1, 0.15) is 0 Å². The van der Waals surface area contributed by atoms with Crippen molar-refractivity contribution in [3.8, 4) is 11.1 Å². The van der Waals surface area contributed by atoms with Crippen LogP contribution < -0.4 is 4.90 Å². The maximum Gasteiger partial charge on any atom is 0.237 e. The fourth-order valence-electron chi connectivity index (χ4n) is 5.93. The Morgan fingerprint density at radius 2 is 1.48 bits per heavy atom. The minimum atomic E-state index is -0.0447. The van der Waals surface area contributed by atoms with E-state index in [1.54, 1.807) is 0 Å². The van der Waals surface area contributed by atoms with E-state index in [-0.39, 0.29) is 23.7 Å². The van der Waals surface area contributed by atoms with Crippen molar-refractivity contribution in [3.63, 3.8) is 0 Å². The molecule has 3 aliphatic carbocycles. The maximum atomic E-state index is 13.0. The largest absolute Gasteiger partial charge is 0.274 e. The first kappa shape index (κ1) is 13.8. The molecule has 2 amide bonds. The number of hydrogen-bond acceptors (Lipinski definition) is 2. The van der Waals surface area contributed by atoms with Gasteiger partial charge in [0.15, 0.2) is 0 Å². The van der Waals surface area contributed by atoms with Crippen molar-refractivity contribution in [3.05, 3.63) is 53.6 Å². The highest BCUT2D eigenvalue weighted by atomic mass is 16.2. The summed E-state index contributed by atoms with van der Waals surface area (Å²) in [5.74, 6) is 0.897. The molecule has 0 spiro atoms. The Bertz CT molecular complexity index is 919. The molecule has 1 aliphatic heterocycles. The van der Waals surface area contributed by atoms with E-state index >= 15 is 0 Å². The predicted octanol–water partition coefficient (Wildman–Crippen LogP) is 3.79. The lowest BCUT2D eigenvalue weighted by molar-refractivity contribution is -0.123. The standard InChI is InChI=1S/C22H19NO2/c24-21-19-13-5-6-14(10-13)20(19)22(25)23(21)16-7-8-18-15(11-16)9-12-3-1-2-4-17(12)18/h1-4,7-8,11,13-14,19-20H,5-6,9-10H2/t13-,14+,19-,20+. The lowest BCUT2D eigenvalue weighted by Crippen LogP contribution is -2.32. The van der Waals surface area contributed by atoms with E-state index in [0.717, 1.165) is 31.4 Å². The molecule has 3 nitrogen and oxygen atoms in total. The van der Waals surface area contributed by atoms with Gasteiger partial charge >= 0.3 is 0 Å². The third kappa shape index (κ3) is 1.66. The number of anilines is 1. The minimum absolute atomic E-state index is 0.0447. The Morgan fingerprint density at radius 1 is 0.800 bits per heavy atom. The lowest BCUT2D eigenvalue weighted by Gasteiger charge is -2.19. The first-order valence-electron chi connectivity index (χ1n) is 9.31. The summed E-state index contributed by atoms with van der Waals surface area (Å²) in [7, 11) is 0. The summed E-state index contributed by atoms with van der Waals surface area (Å²) < 4.78 is 0.